The van der Waals surface area contributed by atoms with Crippen LogP contribution in [-0.4, -0.2) is 32.2 Å². The second-order valence-electron chi connectivity index (χ2n) is 5.65. The van der Waals surface area contributed by atoms with Crippen LogP contribution in [0, 0.1) is 0 Å². The average Bonchev–Trinajstić information content (AvgIpc) is 2.89. The van der Waals surface area contributed by atoms with Gasteiger partial charge in [0, 0.05) is 11.4 Å². The lowest BCUT2D eigenvalue weighted by molar-refractivity contribution is -0.145. The number of carboxylic acids is 1. The third-order valence-corrected chi connectivity index (χ3v) is 5.44. The summed E-state index contributed by atoms with van der Waals surface area (Å²) in [5.41, 5.74) is 1.63. The van der Waals surface area contributed by atoms with Gasteiger partial charge >= 0.3 is 5.97 Å². The van der Waals surface area contributed by atoms with Gasteiger partial charge in [0.1, 0.15) is 10.4 Å². The maximum atomic E-state index is 12.8. The second kappa shape index (κ2) is 8.03. The summed E-state index contributed by atoms with van der Waals surface area (Å²) in [4.78, 5) is 26.2. The van der Waals surface area contributed by atoms with Crippen LogP contribution in [0.3, 0.4) is 0 Å². The van der Waals surface area contributed by atoms with E-state index in [4.69, 9.17) is 23.8 Å². The molecule has 0 aromatic heterocycles. The van der Waals surface area contributed by atoms with Crippen molar-refractivity contribution in [3.05, 3.63) is 75.7 Å². The van der Waals surface area contributed by atoms with Crippen LogP contribution in [0.25, 0.3) is 6.08 Å². The Morgan fingerprint density at radius 3 is 2.46 bits per heavy atom. The molecule has 3 rings (SSSR count). The summed E-state index contributed by atoms with van der Waals surface area (Å²) >= 11 is 12.3. The van der Waals surface area contributed by atoms with Crippen molar-refractivity contribution in [2.75, 3.05) is 0 Å². The topological polar surface area (TPSA) is 57.6 Å². The first-order chi connectivity index (χ1) is 12.5. The number of hydrogen-bond donors (Lipinski definition) is 1. The summed E-state index contributed by atoms with van der Waals surface area (Å²) in [5.74, 6) is -1.48. The molecular weight excluding hydrogens is 390 g/mol. The molecule has 132 valence electrons. The summed E-state index contributed by atoms with van der Waals surface area (Å²) in [6.07, 6.45) is 1.88. The maximum Gasteiger partial charge on any atom is 0.327 e. The van der Waals surface area contributed by atoms with E-state index in [1.165, 1.54) is 4.90 Å². The van der Waals surface area contributed by atoms with Crippen LogP contribution in [-0.2, 0) is 16.0 Å². The fourth-order valence-electron chi connectivity index (χ4n) is 2.59. The Morgan fingerprint density at radius 1 is 1.19 bits per heavy atom. The van der Waals surface area contributed by atoms with Crippen molar-refractivity contribution in [2.45, 2.75) is 12.5 Å². The summed E-state index contributed by atoms with van der Waals surface area (Å²) in [5, 5.41) is 10.2. The molecule has 1 unspecified atom stereocenters. The first-order valence-corrected chi connectivity index (χ1v) is 9.35. The lowest BCUT2D eigenvalue weighted by Crippen LogP contribution is -2.45. The molecule has 2 aromatic rings. The van der Waals surface area contributed by atoms with Gasteiger partial charge in [-0.15, -0.1) is 0 Å². The van der Waals surface area contributed by atoms with Crippen molar-refractivity contribution < 1.29 is 14.7 Å². The summed E-state index contributed by atoms with van der Waals surface area (Å²) in [6.45, 7) is 0. The molecule has 1 saturated heterocycles. The molecule has 26 heavy (non-hydrogen) atoms. The lowest BCUT2D eigenvalue weighted by atomic mass is 10.0. The zero-order valence-corrected chi connectivity index (χ0v) is 15.9. The molecule has 1 atom stereocenters. The number of carboxylic acid groups (broad SMARTS) is 1. The van der Waals surface area contributed by atoms with Gasteiger partial charge in [0.05, 0.1) is 4.91 Å². The van der Waals surface area contributed by atoms with E-state index in [0.717, 1.165) is 22.9 Å². The number of aliphatic carboxylic acids is 1. The fraction of sp³-hybridized carbons (Fsp3) is 0.105. The third kappa shape index (κ3) is 4.15. The Hall–Kier alpha value is -2.15. The first kappa shape index (κ1) is 18.6. The molecule has 1 fully saturated rings. The van der Waals surface area contributed by atoms with Gasteiger partial charge in [0.25, 0.3) is 5.91 Å². The van der Waals surface area contributed by atoms with E-state index in [2.05, 4.69) is 0 Å². The largest absolute Gasteiger partial charge is 0.480 e. The Bertz CT molecular complexity index is 881. The number of halogens is 1. The number of amides is 1. The number of carbonyl (C=O) groups excluding carboxylic acids is 1. The molecule has 1 amide bonds. The van der Waals surface area contributed by atoms with E-state index in [1.54, 1.807) is 30.3 Å². The molecule has 0 saturated carbocycles. The molecule has 1 heterocycles. The molecule has 0 radical (unpaired) electrons. The minimum absolute atomic E-state index is 0.191. The van der Waals surface area contributed by atoms with Crippen LogP contribution >= 0.6 is 35.6 Å². The van der Waals surface area contributed by atoms with Crippen LogP contribution in [0.1, 0.15) is 11.1 Å². The minimum Gasteiger partial charge on any atom is -0.480 e. The van der Waals surface area contributed by atoms with Gasteiger partial charge < -0.3 is 5.11 Å². The molecule has 1 N–H and O–H groups in total. The van der Waals surface area contributed by atoms with Gasteiger partial charge in [-0.1, -0.05) is 78.0 Å². The number of benzene rings is 2. The van der Waals surface area contributed by atoms with Crippen molar-refractivity contribution in [2.24, 2.45) is 0 Å². The summed E-state index contributed by atoms with van der Waals surface area (Å²) < 4.78 is 0.249. The molecule has 1 aliphatic heterocycles. The molecule has 2 aromatic carbocycles. The number of thioether (sulfide) groups is 1. The van der Waals surface area contributed by atoms with Crippen LogP contribution in [0.2, 0.25) is 5.02 Å². The minimum atomic E-state index is -1.09. The molecule has 4 nitrogen and oxygen atoms in total. The van der Waals surface area contributed by atoms with E-state index < -0.39 is 17.9 Å². The van der Waals surface area contributed by atoms with E-state index in [0.29, 0.717) is 9.93 Å². The SMILES string of the molecule is O=C(O)C(Cc1ccccc1)N1C(=O)/C(=C\c2ccc(Cl)cc2)SC1=S. The van der Waals surface area contributed by atoms with Crippen molar-refractivity contribution >= 4 is 57.9 Å². The zero-order chi connectivity index (χ0) is 18.7. The van der Waals surface area contributed by atoms with E-state index >= 15 is 0 Å². The highest BCUT2D eigenvalue weighted by molar-refractivity contribution is 8.26. The standard InChI is InChI=1S/C19H14ClNO3S2/c20-14-8-6-13(7-9-14)11-16-17(22)21(19(25)26-16)15(18(23)24)10-12-4-2-1-3-5-12/h1-9,11,15H,10H2,(H,23,24)/b16-11+. The van der Waals surface area contributed by atoms with Crippen LogP contribution in [0.4, 0.5) is 0 Å². The second-order valence-corrected chi connectivity index (χ2v) is 7.76. The first-order valence-electron chi connectivity index (χ1n) is 7.75. The van der Waals surface area contributed by atoms with Crippen molar-refractivity contribution in [3.63, 3.8) is 0 Å². The highest BCUT2D eigenvalue weighted by atomic mass is 35.5. The van der Waals surface area contributed by atoms with E-state index in [-0.39, 0.29) is 10.7 Å². The molecule has 0 spiro atoms. The quantitative estimate of drug-likeness (QED) is 0.597. The Kier molecular flexibility index (Phi) is 5.76. The Morgan fingerprint density at radius 2 is 1.85 bits per heavy atom. The summed E-state index contributed by atoms with van der Waals surface area (Å²) in [6, 6.07) is 15.2. The normalized spacial score (nSPS) is 17.0. The molecular formula is C19H14ClNO3S2. The van der Waals surface area contributed by atoms with Gasteiger partial charge in [-0.25, -0.2) is 4.79 Å². The van der Waals surface area contributed by atoms with Gasteiger partial charge in [-0.2, -0.15) is 0 Å². The molecule has 1 aliphatic rings. The monoisotopic (exact) mass is 403 g/mol. The number of nitrogens with zero attached hydrogens (tertiary/aromatic N) is 1. The van der Waals surface area contributed by atoms with Gasteiger partial charge in [-0.3, -0.25) is 9.69 Å². The Labute approximate surface area is 165 Å². The lowest BCUT2D eigenvalue weighted by Gasteiger charge is -2.23. The predicted octanol–water partition coefficient (Wildman–Crippen LogP) is 4.24. The highest BCUT2D eigenvalue weighted by Gasteiger charge is 2.40. The van der Waals surface area contributed by atoms with Crippen LogP contribution < -0.4 is 0 Å². The maximum absolute atomic E-state index is 12.8. The molecule has 0 bridgehead atoms. The summed E-state index contributed by atoms with van der Waals surface area (Å²) in [7, 11) is 0. The van der Waals surface area contributed by atoms with Crippen LogP contribution in [0.15, 0.2) is 59.5 Å². The fourth-order valence-corrected chi connectivity index (χ4v) is 4.07. The highest BCUT2D eigenvalue weighted by Crippen LogP contribution is 2.34. The smallest absolute Gasteiger partial charge is 0.327 e. The average molecular weight is 404 g/mol. The van der Waals surface area contributed by atoms with Crippen LogP contribution in [0.5, 0.6) is 0 Å². The van der Waals surface area contributed by atoms with E-state index in [9.17, 15) is 14.7 Å². The third-order valence-electron chi connectivity index (χ3n) is 3.86. The predicted molar refractivity (Wildman–Crippen MR) is 108 cm³/mol. The van der Waals surface area contributed by atoms with Crippen molar-refractivity contribution in [1.29, 1.82) is 0 Å². The molecule has 7 heteroatoms. The van der Waals surface area contributed by atoms with Gasteiger partial charge in [0.15, 0.2) is 0 Å². The number of hydrogen-bond acceptors (Lipinski definition) is 4. The zero-order valence-electron chi connectivity index (χ0n) is 13.5. The molecule has 0 aliphatic carbocycles. The van der Waals surface area contributed by atoms with E-state index in [1.807, 2.05) is 30.3 Å². The number of carbonyl (C=O) groups is 2. The Balaban J connectivity index is 1.86. The van der Waals surface area contributed by atoms with Crippen molar-refractivity contribution in [1.82, 2.24) is 4.90 Å². The van der Waals surface area contributed by atoms with Gasteiger partial charge in [0.2, 0.25) is 0 Å². The van der Waals surface area contributed by atoms with Gasteiger partial charge in [-0.05, 0) is 29.3 Å². The number of rotatable bonds is 5. The van der Waals surface area contributed by atoms with Crippen molar-refractivity contribution in [3.8, 4) is 0 Å². The number of thiocarbonyl (C=S) groups is 1.